The van der Waals surface area contributed by atoms with Crippen LogP contribution in [0.2, 0.25) is 0 Å². The van der Waals surface area contributed by atoms with Crippen LogP contribution in [-0.4, -0.2) is 17.0 Å². The number of aryl methyl sites for hydroxylation is 1. The number of carbonyl (C=O) groups is 1. The van der Waals surface area contributed by atoms with E-state index in [0.29, 0.717) is 5.75 Å². The Balaban J connectivity index is 2.98. The summed E-state index contributed by atoms with van der Waals surface area (Å²) in [5, 5.41) is 0. The zero-order chi connectivity index (χ0) is 15.5. The summed E-state index contributed by atoms with van der Waals surface area (Å²) in [7, 11) is -2.83. The van der Waals surface area contributed by atoms with E-state index in [9.17, 15) is 9.36 Å². The molecule has 20 heavy (non-hydrogen) atoms. The van der Waals surface area contributed by atoms with Gasteiger partial charge < -0.3 is 4.74 Å². The summed E-state index contributed by atoms with van der Waals surface area (Å²) < 4.78 is 20.4. The van der Waals surface area contributed by atoms with E-state index in [1.54, 1.807) is 6.07 Å². The molecule has 0 aliphatic heterocycles. The maximum Gasteiger partial charge on any atom is 0.695 e. The van der Waals surface area contributed by atoms with E-state index < -0.39 is 20.3 Å². The van der Waals surface area contributed by atoms with Gasteiger partial charge in [0.25, 0.3) is 0 Å². The lowest BCUT2D eigenvalue weighted by Gasteiger charge is -2.23. The zero-order valence-electron chi connectivity index (χ0n) is 12.3. The molecular weight excluding hydrogens is 279 g/mol. The summed E-state index contributed by atoms with van der Waals surface area (Å²) in [6.07, 6.45) is -1.10. The highest BCUT2D eigenvalue weighted by molar-refractivity contribution is 7.32. The monoisotopic (exact) mass is 299 g/mol. The lowest BCUT2D eigenvalue weighted by atomic mass is 9.85. The molecule has 0 saturated heterocycles. The SMILES string of the molecule is Cc1ccc(OC(=O)C(C)O[P+](=O)O)c(C(C)(C)C)c1. The van der Waals surface area contributed by atoms with Crippen molar-refractivity contribution >= 4 is 14.2 Å². The Hall–Kier alpha value is -1.29. The average molecular weight is 299 g/mol. The summed E-state index contributed by atoms with van der Waals surface area (Å²) in [6.45, 7) is 9.39. The fraction of sp³-hybridized carbons (Fsp3) is 0.500. The lowest BCUT2D eigenvalue weighted by molar-refractivity contribution is -0.141. The third kappa shape index (κ3) is 4.67. The molecule has 0 heterocycles. The molecule has 0 aliphatic rings. The molecule has 0 aliphatic carbocycles. The van der Waals surface area contributed by atoms with E-state index in [1.807, 2.05) is 39.8 Å². The molecule has 1 rings (SSSR count). The van der Waals surface area contributed by atoms with Crippen molar-refractivity contribution in [3.8, 4) is 5.75 Å². The van der Waals surface area contributed by atoms with Crippen LogP contribution in [0.25, 0.3) is 0 Å². The molecule has 1 N–H and O–H groups in total. The van der Waals surface area contributed by atoms with Crippen molar-refractivity contribution in [1.82, 2.24) is 0 Å². The topological polar surface area (TPSA) is 72.8 Å². The molecule has 6 heteroatoms. The van der Waals surface area contributed by atoms with Gasteiger partial charge in [0.05, 0.1) is 0 Å². The predicted octanol–water partition coefficient (Wildman–Crippen LogP) is 3.25. The molecule has 0 amide bonds. The highest BCUT2D eigenvalue weighted by Crippen LogP contribution is 2.32. The molecule has 0 radical (unpaired) electrons. The van der Waals surface area contributed by atoms with Crippen molar-refractivity contribution in [3.63, 3.8) is 0 Å². The molecule has 0 bridgehead atoms. The summed E-state index contributed by atoms with van der Waals surface area (Å²) in [4.78, 5) is 20.5. The zero-order valence-corrected chi connectivity index (χ0v) is 13.2. The normalized spacial score (nSPS) is 13.8. The maximum absolute atomic E-state index is 11.8. The Kier molecular flexibility index (Phi) is 5.40. The quantitative estimate of drug-likeness (QED) is 0.525. The van der Waals surface area contributed by atoms with E-state index in [-0.39, 0.29) is 5.41 Å². The Morgan fingerprint density at radius 2 is 1.95 bits per heavy atom. The molecule has 0 aromatic heterocycles. The van der Waals surface area contributed by atoms with Crippen molar-refractivity contribution in [2.24, 2.45) is 0 Å². The van der Waals surface area contributed by atoms with Gasteiger partial charge in [-0.2, -0.15) is 0 Å². The van der Waals surface area contributed by atoms with Gasteiger partial charge >= 0.3 is 14.2 Å². The molecule has 2 atom stereocenters. The third-order valence-corrected chi connectivity index (χ3v) is 3.23. The number of hydrogen-bond acceptors (Lipinski definition) is 4. The number of hydrogen-bond donors (Lipinski definition) is 1. The number of carbonyl (C=O) groups excluding carboxylic acids is 1. The Morgan fingerprint density at radius 1 is 1.35 bits per heavy atom. The standard InChI is InChI=1S/C14H19O5P/c1-9-6-7-12(11(8-9)14(3,4)5)18-13(15)10(2)19-20(16)17/h6-8,10H,1-5H3/p+1. The first kappa shape index (κ1) is 16.8. The van der Waals surface area contributed by atoms with Gasteiger partial charge in [-0.25, -0.2) is 4.79 Å². The molecule has 1 aromatic carbocycles. The smallest absolute Gasteiger partial charge is 0.424 e. The number of ether oxygens (including phenoxy) is 1. The first-order chi connectivity index (χ1) is 9.11. The summed E-state index contributed by atoms with van der Waals surface area (Å²) in [6, 6.07) is 5.52. The summed E-state index contributed by atoms with van der Waals surface area (Å²) >= 11 is 0. The van der Waals surface area contributed by atoms with Gasteiger partial charge in [-0.3, -0.25) is 0 Å². The molecule has 110 valence electrons. The first-order valence-corrected chi connectivity index (χ1v) is 7.40. The van der Waals surface area contributed by atoms with Crippen molar-refractivity contribution in [2.75, 3.05) is 0 Å². The highest BCUT2D eigenvalue weighted by atomic mass is 31.1. The second kappa shape index (κ2) is 6.44. The van der Waals surface area contributed by atoms with E-state index in [0.717, 1.165) is 11.1 Å². The Labute approximate surface area is 119 Å². The van der Waals surface area contributed by atoms with Crippen LogP contribution in [-0.2, 0) is 19.3 Å². The lowest BCUT2D eigenvalue weighted by Crippen LogP contribution is -2.25. The van der Waals surface area contributed by atoms with Crippen LogP contribution in [0.3, 0.4) is 0 Å². The second-order valence-electron chi connectivity index (χ2n) is 5.66. The van der Waals surface area contributed by atoms with Crippen molar-refractivity contribution in [1.29, 1.82) is 0 Å². The van der Waals surface area contributed by atoms with E-state index in [2.05, 4.69) is 4.52 Å². The van der Waals surface area contributed by atoms with E-state index >= 15 is 0 Å². The van der Waals surface area contributed by atoms with Crippen LogP contribution in [0, 0.1) is 6.92 Å². The molecule has 1 aromatic rings. The number of benzene rings is 1. The first-order valence-electron chi connectivity index (χ1n) is 6.27. The largest absolute Gasteiger partial charge is 0.695 e. The van der Waals surface area contributed by atoms with Gasteiger partial charge in [-0.1, -0.05) is 38.5 Å². The number of rotatable bonds is 4. The third-order valence-electron chi connectivity index (χ3n) is 2.73. The van der Waals surface area contributed by atoms with Gasteiger partial charge in [-0.05, 0) is 25.3 Å². The van der Waals surface area contributed by atoms with Gasteiger partial charge in [0.2, 0.25) is 6.10 Å². The van der Waals surface area contributed by atoms with Crippen molar-refractivity contribution in [3.05, 3.63) is 29.3 Å². The van der Waals surface area contributed by atoms with Crippen molar-refractivity contribution in [2.45, 2.75) is 46.1 Å². The predicted molar refractivity (Wildman–Crippen MR) is 75.9 cm³/mol. The van der Waals surface area contributed by atoms with Crippen LogP contribution in [0.4, 0.5) is 0 Å². The Morgan fingerprint density at radius 3 is 2.45 bits per heavy atom. The van der Waals surface area contributed by atoms with Gasteiger partial charge in [0.15, 0.2) is 0 Å². The van der Waals surface area contributed by atoms with Gasteiger partial charge in [-0.15, -0.1) is 9.42 Å². The van der Waals surface area contributed by atoms with Crippen molar-refractivity contribution < 1.29 is 23.5 Å². The molecule has 0 saturated carbocycles. The second-order valence-corrected chi connectivity index (χ2v) is 6.34. The summed E-state index contributed by atoms with van der Waals surface area (Å²) in [5.74, 6) is -0.256. The summed E-state index contributed by atoms with van der Waals surface area (Å²) in [5.41, 5.74) is 1.78. The van der Waals surface area contributed by atoms with Crippen LogP contribution >= 0.6 is 8.25 Å². The van der Waals surface area contributed by atoms with Crippen LogP contribution < -0.4 is 4.74 Å². The fourth-order valence-electron chi connectivity index (χ4n) is 1.69. The molecule has 5 nitrogen and oxygen atoms in total. The van der Waals surface area contributed by atoms with Crippen LogP contribution in [0.5, 0.6) is 5.75 Å². The molecular formula is C14H20O5P+. The number of esters is 1. The Bertz CT molecular complexity index is 519. The van der Waals surface area contributed by atoms with E-state index in [4.69, 9.17) is 9.63 Å². The molecule has 0 spiro atoms. The van der Waals surface area contributed by atoms with Crippen LogP contribution in [0.1, 0.15) is 38.8 Å². The fourth-order valence-corrected chi connectivity index (χ4v) is 2.05. The van der Waals surface area contributed by atoms with Gasteiger partial charge in [0.1, 0.15) is 5.75 Å². The minimum absolute atomic E-state index is 0.187. The minimum Gasteiger partial charge on any atom is -0.424 e. The highest BCUT2D eigenvalue weighted by Gasteiger charge is 2.29. The van der Waals surface area contributed by atoms with Crippen LogP contribution in [0.15, 0.2) is 18.2 Å². The maximum atomic E-state index is 11.8. The molecule has 2 unspecified atom stereocenters. The average Bonchev–Trinajstić information content (AvgIpc) is 2.29. The van der Waals surface area contributed by atoms with Gasteiger partial charge in [0, 0.05) is 10.1 Å². The molecule has 0 fully saturated rings. The minimum atomic E-state index is -2.83. The van der Waals surface area contributed by atoms with E-state index in [1.165, 1.54) is 6.92 Å².